The largest absolute Gasteiger partial charge is 0.410 e. The van der Waals surface area contributed by atoms with Crippen molar-refractivity contribution in [2.75, 3.05) is 0 Å². The zero-order valence-electron chi connectivity index (χ0n) is 12.4. The second-order valence-corrected chi connectivity index (χ2v) is 9.47. The molecule has 0 aliphatic rings. The average molecular weight is 254 g/mol. The van der Waals surface area contributed by atoms with E-state index in [1.54, 1.807) is 0 Å². The summed E-state index contributed by atoms with van der Waals surface area (Å²) in [5.74, 6) is 0. The highest BCUT2D eigenvalue weighted by Crippen LogP contribution is 2.27. The Labute approximate surface area is 109 Å². The van der Waals surface area contributed by atoms with Gasteiger partial charge < -0.3 is 4.43 Å². The molecule has 0 radical (unpaired) electrons. The minimum atomic E-state index is -1.48. The Morgan fingerprint density at radius 3 is 2.12 bits per heavy atom. The summed E-state index contributed by atoms with van der Waals surface area (Å²) >= 11 is 0. The van der Waals surface area contributed by atoms with E-state index < -0.39 is 8.32 Å². The van der Waals surface area contributed by atoms with E-state index in [0.717, 1.165) is 12.8 Å². The van der Waals surface area contributed by atoms with E-state index in [2.05, 4.69) is 47.3 Å². The highest BCUT2D eigenvalue weighted by molar-refractivity contribution is 6.73. The van der Waals surface area contributed by atoms with Crippen LogP contribution in [0.1, 0.15) is 47.5 Å². The lowest BCUT2D eigenvalue weighted by molar-refractivity contribution is 0.211. The SMILES string of the molecule is C=CCC[C@@H](O[Si](CC)(CC)CC)/C(C)=C/C. The summed E-state index contributed by atoms with van der Waals surface area (Å²) in [6.07, 6.45) is 6.61. The molecule has 17 heavy (non-hydrogen) atoms. The molecule has 1 nitrogen and oxygen atoms in total. The maximum absolute atomic E-state index is 6.56. The van der Waals surface area contributed by atoms with Crippen LogP contribution in [-0.4, -0.2) is 14.4 Å². The molecule has 0 heterocycles. The minimum absolute atomic E-state index is 0.310. The highest BCUT2D eigenvalue weighted by atomic mass is 28.4. The summed E-state index contributed by atoms with van der Waals surface area (Å²) in [4.78, 5) is 0. The number of hydrogen-bond acceptors (Lipinski definition) is 1. The van der Waals surface area contributed by atoms with E-state index in [4.69, 9.17) is 4.43 Å². The van der Waals surface area contributed by atoms with Gasteiger partial charge in [0.05, 0.1) is 6.10 Å². The van der Waals surface area contributed by atoms with Crippen molar-refractivity contribution < 1.29 is 4.43 Å². The second-order valence-electron chi connectivity index (χ2n) is 4.75. The van der Waals surface area contributed by atoms with Crippen molar-refractivity contribution in [3.05, 3.63) is 24.3 Å². The van der Waals surface area contributed by atoms with Crippen molar-refractivity contribution in [3.63, 3.8) is 0 Å². The van der Waals surface area contributed by atoms with Gasteiger partial charge in [0.15, 0.2) is 8.32 Å². The van der Waals surface area contributed by atoms with Gasteiger partial charge in [-0.15, -0.1) is 6.58 Å². The zero-order chi connectivity index (χ0) is 13.3. The van der Waals surface area contributed by atoms with Gasteiger partial charge in [0.2, 0.25) is 0 Å². The van der Waals surface area contributed by atoms with Crippen LogP contribution in [-0.2, 0) is 4.43 Å². The summed E-state index contributed by atoms with van der Waals surface area (Å²) in [6, 6.07) is 3.67. The van der Waals surface area contributed by atoms with Gasteiger partial charge in [-0.1, -0.05) is 38.5 Å². The average Bonchev–Trinajstić information content (AvgIpc) is 2.39. The van der Waals surface area contributed by atoms with E-state index in [9.17, 15) is 0 Å². The summed E-state index contributed by atoms with van der Waals surface area (Å²) in [5.41, 5.74) is 1.37. The summed E-state index contributed by atoms with van der Waals surface area (Å²) in [7, 11) is -1.48. The molecule has 0 unspecified atom stereocenters. The fraction of sp³-hybridized carbons (Fsp3) is 0.733. The fourth-order valence-corrected chi connectivity index (χ4v) is 5.04. The van der Waals surface area contributed by atoms with E-state index in [0.29, 0.717) is 6.10 Å². The molecule has 0 aromatic carbocycles. The molecule has 0 fully saturated rings. The molecule has 0 amide bonds. The molecule has 0 aromatic rings. The van der Waals surface area contributed by atoms with E-state index >= 15 is 0 Å². The lowest BCUT2D eigenvalue weighted by atomic mass is 10.1. The first-order chi connectivity index (χ1) is 8.09. The maximum Gasteiger partial charge on any atom is 0.192 e. The molecule has 0 saturated heterocycles. The molecule has 0 aromatic heterocycles. The van der Waals surface area contributed by atoms with Crippen LogP contribution in [0.4, 0.5) is 0 Å². The normalized spacial score (nSPS) is 14.8. The lowest BCUT2D eigenvalue weighted by Crippen LogP contribution is -2.40. The molecular weight excluding hydrogens is 224 g/mol. The summed E-state index contributed by atoms with van der Waals surface area (Å²) < 4.78 is 6.56. The first-order valence-electron chi connectivity index (χ1n) is 7.00. The van der Waals surface area contributed by atoms with Gasteiger partial charge in [0.1, 0.15) is 0 Å². The highest BCUT2D eigenvalue weighted by Gasteiger charge is 2.32. The molecule has 0 aliphatic carbocycles. The van der Waals surface area contributed by atoms with Crippen LogP contribution in [0.25, 0.3) is 0 Å². The smallest absolute Gasteiger partial charge is 0.192 e. The third-order valence-corrected chi connectivity index (χ3v) is 8.57. The van der Waals surface area contributed by atoms with Crippen LogP contribution < -0.4 is 0 Å². The Balaban J connectivity index is 4.75. The van der Waals surface area contributed by atoms with Crippen molar-refractivity contribution in [3.8, 4) is 0 Å². The molecule has 2 heteroatoms. The van der Waals surface area contributed by atoms with Gasteiger partial charge in [-0.3, -0.25) is 0 Å². The van der Waals surface area contributed by atoms with Gasteiger partial charge >= 0.3 is 0 Å². The van der Waals surface area contributed by atoms with Crippen LogP contribution in [0.5, 0.6) is 0 Å². The Bertz CT molecular complexity index is 233. The van der Waals surface area contributed by atoms with Crippen molar-refractivity contribution >= 4 is 8.32 Å². The van der Waals surface area contributed by atoms with E-state index in [1.165, 1.54) is 23.7 Å². The van der Waals surface area contributed by atoms with E-state index in [-0.39, 0.29) is 0 Å². The van der Waals surface area contributed by atoms with Crippen molar-refractivity contribution in [2.45, 2.75) is 71.7 Å². The van der Waals surface area contributed by atoms with Crippen LogP contribution in [0.15, 0.2) is 24.3 Å². The third-order valence-electron chi connectivity index (χ3n) is 3.92. The number of rotatable bonds is 9. The molecule has 0 bridgehead atoms. The maximum atomic E-state index is 6.56. The standard InChI is InChI=1S/C15H30OSi/c1-7-12-13-15(14(6)8-2)16-17(9-3,10-4)11-5/h7-8,15H,1,9-13H2,2-6H3/b14-8+/t15-/m1/s1. The van der Waals surface area contributed by atoms with Gasteiger partial charge in [-0.2, -0.15) is 0 Å². The second kappa shape index (κ2) is 8.70. The van der Waals surface area contributed by atoms with Crippen LogP contribution in [0.3, 0.4) is 0 Å². The van der Waals surface area contributed by atoms with Gasteiger partial charge in [-0.25, -0.2) is 0 Å². The Morgan fingerprint density at radius 1 is 1.24 bits per heavy atom. The lowest BCUT2D eigenvalue weighted by Gasteiger charge is -2.33. The van der Waals surface area contributed by atoms with Crippen LogP contribution in [0.2, 0.25) is 18.1 Å². The molecule has 0 saturated carbocycles. The zero-order valence-corrected chi connectivity index (χ0v) is 13.4. The fourth-order valence-electron chi connectivity index (χ4n) is 2.14. The third kappa shape index (κ3) is 5.22. The van der Waals surface area contributed by atoms with Crippen LogP contribution >= 0.6 is 0 Å². The molecule has 0 spiro atoms. The number of hydrogen-bond donors (Lipinski definition) is 0. The minimum Gasteiger partial charge on any atom is -0.410 e. The van der Waals surface area contributed by atoms with E-state index in [1.807, 2.05) is 6.08 Å². The number of allylic oxidation sites excluding steroid dienone is 2. The van der Waals surface area contributed by atoms with Gasteiger partial charge in [0.25, 0.3) is 0 Å². The van der Waals surface area contributed by atoms with Gasteiger partial charge in [0, 0.05) is 0 Å². The summed E-state index contributed by atoms with van der Waals surface area (Å²) in [5, 5.41) is 0. The van der Waals surface area contributed by atoms with Crippen molar-refractivity contribution in [1.82, 2.24) is 0 Å². The predicted molar refractivity (Wildman–Crippen MR) is 80.9 cm³/mol. The first-order valence-corrected chi connectivity index (χ1v) is 9.53. The summed E-state index contributed by atoms with van der Waals surface area (Å²) in [6.45, 7) is 15.0. The molecule has 1 atom stereocenters. The van der Waals surface area contributed by atoms with Gasteiger partial charge in [-0.05, 0) is 44.8 Å². The molecule has 0 aliphatic heterocycles. The van der Waals surface area contributed by atoms with Crippen molar-refractivity contribution in [2.24, 2.45) is 0 Å². The Kier molecular flexibility index (Phi) is 8.53. The topological polar surface area (TPSA) is 9.23 Å². The first kappa shape index (κ1) is 16.7. The molecule has 0 rings (SSSR count). The predicted octanol–water partition coefficient (Wildman–Crippen LogP) is 5.31. The molecular formula is C15H30OSi. The quantitative estimate of drug-likeness (QED) is 0.400. The molecule has 0 N–H and O–H groups in total. The monoisotopic (exact) mass is 254 g/mol. The Hall–Kier alpha value is -0.343. The van der Waals surface area contributed by atoms with Crippen LogP contribution in [0, 0.1) is 0 Å². The van der Waals surface area contributed by atoms with Crippen molar-refractivity contribution in [1.29, 1.82) is 0 Å². The molecule has 100 valence electrons. The Morgan fingerprint density at radius 2 is 1.76 bits per heavy atom.